The molecule has 3 rings (SSSR count). The van der Waals surface area contributed by atoms with E-state index in [4.69, 9.17) is 4.74 Å². The number of para-hydroxylation sites is 1. The van der Waals surface area contributed by atoms with Crippen LogP contribution in [-0.2, 0) is 16.1 Å². The summed E-state index contributed by atoms with van der Waals surface area (Å²) in [7, 11) is 0. The molecule has 1 fully saturated rings. The number of morpholine rings is 1. The zero-order chi connectivity index (χ0) is 15.9. The van der Waals surface area contributed by atoms with Gasteiger partial charge in [0, 0.05) is 13.1 Å². The molecule has 2 N–H and O–H groups in total. The van der Waals surface area contributed by atoms with E-state index in [2.05, 4.69) is 10.7 Å². The molecule has 0 spiro atoms. The Hall–Kier alpha value is -2.37. The molecule has 0 aromatic heterocycles. The third-order valence-corrected chi connectivity index (χ3v) is 3.72. The van der Waals surface area contributed by atoms with E-state index in [-0.39, 0.29) is 5.91 Å². The Balaban J connectivity index is 1.73. The predicted octanol–water partition coefficient (Wildman–Crippen LogP) is 1.71. The van der Waals surface area contributed by atoms with Gasteiger partial charge in [-0.15, -0.1) is 0 Å². The predicted molar refractivity (Wildman–Crippen MR) is 89.8 cm³/mol. The highest BCUT2D eigenvalue weighted by atomic mass is 16.5. The lowest BCUT2D eigenvalue weighted by Gasteiger charge is -2.29. The van der Waals surface area contributed by atoms with Gasteiger partial charge in [0.1, 0.15) is 6.10 Å². The topological polar surface area (TPSA) is 53.6 Å². The van der Waals surface area contributed by atoms with Gasteiger partial charge in [-0.2, -0.15) is 0 Å². The molecule has 1 aliphatic heterocycles. The second-order valence-corrected chi connectivity index (χ2v) is 5.45. The molecule has 1 heterocycles. The van der Waals surface area contributed by atoms with Gasteiger partial charge in [0.25, 0.3) is 5.91 Å². The number of hydrogen-bond acceptors (Lipinski definition) is 4. The molecule has 0 unspecified atom stereocenters. The van der Waals surface area contributed by atoms with Gasteiger partial charge in [-0.3, -0.25) is 15.2 Å². The summed E-state index contributed by atoms with van der Waals surface area (Å²) in [6.45, 7) is 2.48. The van der Waals surface area contributed by atoms with Crippen molar-refractivity contribution in [3.8, 4) is 0 Å². The van der Waals surface area contributed by atoms with Crippen molar-refractivity contribution in [3.63, 3.8) is 0 Å². The molecule has 0 saturated carbocycles. The van der Waals surface area contributed by atoms with Gasteiger partial charge in [-0.25, -0.2) is 0 Å². The Morgan fingerprint density at radius 3 is 2.48 bits per heavy atom. The average molecular weight is 311 g/mol. The third kappa shape index (κ3) is 4.31. The summed E-state index contributed by atoms with van der Waals surface area (Å²) < 4.78 is 5.53. The Morgan fingerprint density at radius 2 is 1.83 bits per heavy atom. The van der Waals surface area contributed by atoms with Crippen molar-refractivity contribution in [3.05, 3.63) is 66.2 Å². The zero-order valence-corrected chi connectivity index (χ0v) is 12.9. The van der Waals surface area contributed by atoms with Crippen LogP contribution in [0.3, 0.4) is 0 Å². The summed E-state index contributed by atoms with van der Waals surface area (Å²) in [5.41, 5.74) is 5.04. The number of benzene rings is 2. The quantitative estimate of drug-likeness (QED) is 0.826. The number of amides is 1. The van der Waals surface area contributed by atoms with E-state index in [0.717, 1.165) is 17.8 Å². The van der Waals surface area contributed by atoms with Crippen LogP contribution in [0.2, 0.25) is 0 Å². The minimum Gasteiger partial charge on any atom is -0.366 e. The third-order valence-electron chi connectivity index (χ3n) is 3.72. The van der Waals surface area contributed by atoms with Gasteiger partial charge in [-0.1, -0.05) is 48.5 Å². The fourth-order valence-electron chi connectivity index (χ4n) is 2.51. The summed E-state index contributed by atoms with van der Waals surface area (Å²) in [5, 5.41) is 5.03. The van der Waals surface area contributed by atoms with Crippen LogP contribution in [-0.4, -0.2) is 31.7 Å². The number of ether oxygens (including phenoxy) is 1. The zero-order valence-electron chi connectivity index (χ0n) is 12.9. The van der Waals surface area contributed by atoms with Crippen molar-refractivity contribution in [2.24, 2.45) is 0 Å². The van der Waals surface area contributed by atoms with Crippen LogP contribution in [0, 0.1) is 0 Å². The van der Waals surface area contributed by atoms with Crippen LogP contribution < -0.4 is 15.8 Å². The number of nitrogens with one attached hydrogen (secondary N) is 2. The van der Waals surface area contributed by atoms with Crippen LogP contribution in [0.4, 0.5) is 5.69 Å². The second kappa shape index (κ2) is 7.76. The number of carbonyl (C=O) groups is 1. The molecule has 0 aliphatic carbocycles. The van der Waals surface area contributed by atoms with Crippen LogP contribution in [0.1, 0.15) is 5.56 Å². The maximum absolute atomic E-state index is 12.5. The van der Waals surface area contributed by atoms with Gasteiger partial charge < -0.3 is 10.1 Å². The Morgan fingerprint density at radius 1 is 1.13 bits per heavy atom. The first-order valence-electron chi connectivity index (χ1n) is 7.82. The minimum atomic E-state index is -0.453. The first-order valence-corrected chi connectivity index (χ1v) is 7.82. The molecule has 5 heteroatoms. The van der Waals surface area contributed by atoms with E-state index in [9.17, 15) is 4.79 Å². The molecule has 23 heavy (non-hydrogen) atoms. The monoisotopic (exact) mass is 311 g/mol. The molecule has 1 atom stereocenters. The second-order valence-electron chi connectivity index (χ2n) is 5.45. The molecule has 120 valence electrons. The fraction of sp³-hybridized carbons (Fsp3) is 0.278. The molecule has 5 nitrogen and oxygen atoms in total. The first-order chi connectivity index (χ1) is 11.3. The molecule has 2 aromatic carbocycles. The first kappa shape index (κ1) is 15.5. The SMILES string of the molecule is O=C(NN(Cc1ccccc1)c1ccccc1)[C@H]1CNCCO1. The summed E-state index contributed by atoms with van der Waals surface area (Å²) in [6.07, 6.45) is -0.453. The normalized spacial score (nSPS) is 17.5. The summed E-state index contributed by atoms with van der Waals surface area (Å²) in [6, 6.07) is 19.9. The highest BCUT2D eigenvalue weighted by Crippen LogP contribution is 2.15. The minimum absolute atomic E-state index is 0.128. The van der Waals surface area contributed by atoms with E-state index in [0.29, 0.717) is 19.7 Å². The Kier molecular flexibility index (Phi) is 5.24. The maximum Gasteiger partial charge on any atom is 0.268 e. The summed E-state index contributed by atoms with van der Waals surface area (Å²) in [4.78, 5) is 12.5. The number of rotatable bonds is 5. The number of hydrogen-bond donors (Lipinski definition) is 2. The lowest BCUT2D eigenvalue weighted by molar-refractivity contribution is -0.134. The van der Waals surface area contributed by atoms with Crippen LogP contribution in [0.25, 0.3) is 0 Å². The average Bonchev–Trinajstić information content (AvgIpc) is 2.63. The molecular weight excluding hydrogens is 290 g/mol. The lowest BCUT2D eigenvalue weighted by atomic mass is 10.2. The number of anilines is 1. The Bertz CT molecular complexity index is 613. The summed E-state index contributed by atoms with van der Waals surface area (Å²) in [5.74, 6) is -0.128. The molecule has 1 saturated heterocycles. The van der Waals surface area contributed by atoms with Crippen molar-refractivity contribution < 1.29 is 9.53 Å². The van der Waals surface area contributed by atoms with E-state index in [1.54, 1.807) is 0 Å². The summed E-state index contributed by atoms with van der Waals surface area (Å²) >= 11 is 0. The number of nitrogens with zero attached hydrogens (tertiary/aromatic N) is 1. The molecule has 0 radical (unpaired) electrons. The molecule has 1 amide bonds. The van der Waals surface area contributed by atoms with Gasteiger partial charge in [0.2, 0.25) is 0 Å². The molecule has 0 bridgehead atoms. The smallest absolute Gasteiger partial charge is 0.268 e. The Labute approximate surface area is 136 Å². The van der Waals surface area contributed by atoms with Crippen LogP contribution in [0.15, 0.2) is 60.7 Å². The molecule has 1 aliphatic rings. The van der Waals surface area contributed by atoms with Gasteiger partial charge in [0.15, 0.2) is 0 Å². The van der Waals surface area contributed by atoms with Crippen LogP contribution >= 0.6 is 0 Å². The van der Waals surface area contributed by atoms with E-state index in [1.807, 2.05) is 65.7 Å². The largest absolute Gasteiger partial charge is 0.366 e. The highest BCUT2D eigenvalue weighted by Gasteiger charge is 2.23. The molecular formula is C18H21N3O2. The van der Waals surface area contributed by atoms with E-state index in [1.165, 1.54) is 0 Å². The van der Waals surface area contributed by atoms with E-state index >= 15 is 0 Å². The maximum atomic E-state index is 12.5. The van der Waals surface area contributed by atoms with Crippen molar-refractivity contribution in [2.75, 3.05) is 24.7 Å². The highest BCUT2D eigenvalue weighted by molar-refractivity contribution is 5.82. The van der Waals surface area contributed by atoms with Crippen molar-refractivity contribution in [1.82, 2.24) is 10.7 Å². The van der Waals surface area contributed by atoms with Gasteiger partial charge in [-0.05, 0) is 17.7 Å². The number of hydrazine groups is 1. The van der Waals surface area contributed by atoms with Crippen molar-refractivity contribution in [2.45, 2.75) is 12.6 Å². The van der Waals surface area contributed by atoms with Gasteiger partial charge >= 0.3 is 0 Å². The standard InChI is InChI=1S/C18H21N3O2/c22-18(17-13-19-11-12-23-17)20-21(16-9-5-2-6-10-16)14-15-7-3-1-4-8-15/h1-10,17,19H,11-14H2,(H,20,22)/t17-/m1/s1. The van der Waals surface area contributed by atoms with E-state index < -0.39 is 6.10 Å². The van der Waals surface area contributed by atoms with Crippen molar-refractivity contribution in [1.29, 1.82) is 0 Å². The fourth-order valence-corrected chi connectivity index (χ4v) is 2.51. The van der Waals surface area contributed by atoms with Crippen molar-refractivity contribution >= 4 is 11.6 Å². The van der Waals surface area contributed by atoms with Gasteiger partial charge in [0.05, 0.1) is 18.8 Å². The number of carbonyl (C=O) groups excluding carboxylic acids is 1. The lowest BCUT2D eigenvalue weighted by Crippen LogP contribution is -2.52. The molecule has 2 aromatic rings. The van der Waals surface area contributed by atoms with Crippen LogP contribution in [0.5, 0.6) is 0 Å².